The zero-order chi connectivity index (χ0) is 32.6. The molecule has 0 spiro atoms. The Balaban J connectivity index is 1.28. The van der Waals surface area contributed by atoms with Crippen molar-refractivity contribution in [2.24, 2.45) is 29.4 Å². The average Bonchev–Trinajstić information content (AvgIpc) is 3.72. The number of alkyl halides is 1. The SMILES string of the molecule is COCCCCOC(=O)c1cc2cc(NC(=O)[C@@H]3[C@H](C4CCC(OC)CC4)CCN3C(=O)[C@H]3CC[C@H]([C@H](N)CF)CC3)ccc2o1. The van der Waals surface area contributed by atoms with Gasteiger partial charge in [0.25, 0.3) is 0 Å². The fraction of sp³-hybridized carbons (Fsp3) is 0.686. The van der Waals surface area contributed by atoms with Gasteiger partial charge in [0.15, 0.2) is 0 Å². The van der Waals surface area contributed by atoms with Crippen LogP contribution in [0.2, 0.25) is 0 Å². The molecule has 2 heterocycles. The van der Waals surface area contributed by atoms with Crippen LogP contribution in [0.1, 0.15) is 81.2 Å². The molecule has 254 valence electrons. The number of nitrogens with zero attached hydrogens (tertiary/aromatic N) is 1. The third kappa shape index (κ3) is 8.09. The van der Waals surface area contributed by atoms with Crippen LogP contribution in [0.5, 0.6) is 0 Å². The van der Waals surface area contributed by atoms with E-state index in [0.29, 0.717) is 55.0 Å². The number of unbranched alkanes of at least 4 members (excludes halogenated alkanes) is 1. The average molecular weight is 644 g/mol. The normalized spacial score (nSPS) is 27.4. The quantitative estimate of drug-likeness (QED) is 0.217. The van der Waals surface area contributed by atoms with Gasteiger partial charge in [-0.05, 0) is 113 Å². The molecule has 0 radical (unpaired) electrons. The van der Waals surface area contributed by atoms with Gasteiger partial charge in [-0.3, -0.25) is 9.59 Å². The summed E-state index contributed by atoms with van der Waals surface area (Å²) >= 11 is 0. The van der Waals surface area contributed by atoms with Crippen LogP contribution in [-0.4, -0.2) is 81.5 Å². The molecular formula is C35H50FN3O7. The molecule has 1 aromatic heterocycles. The number of amides is 2. The number of methoxy groups -OCH3 is 2. The van der Waals surface area contributed by atoms with Crippen LogP contribution in [0, 0.1) is 23.7 Å². The van der Waals surface area contributed by atoms with Crippen molar-refractivity contribution in [2.45, 2.75) is 88.8 Å². The molecule has 11 heteroatoms. The zero-order valence-electron chi connectivity index (χ0n) is 27.2. The van der Waals surface area contributed by atoms with Crippen molar-refractivity contribution in [1.29, 1.82) is 0 Å². The number of hydrogen-bond acceptors (Lipinski definition) is 8. The lowest BCUT2D eigenvalue weighted by atomic mass is 9.75. The molecule has 5 rings (SSSR count). The lowest BCUT2D eigenvalue weighted by Crippen LogP contribution is -2.50. The minimum atomic E-state index is -0.578. The Labute approximate surface area is 270 Å². The number of nitrogens with two attached hydrogens (primary N) is 1. The van der Waals surface area contributed by atoms with Gasteiger partial charge < -0.3 is 34.6 Å². The number of anilines is 1. The summed E-state index contributed by atoms with van der Waals surface area (Å²) in [6.45, 7) is 0.887. The van der Waals surface area contributed by atoms with Gasteiger partial charge in [-0.2, -0.15) is 0 Å². The second-order valence-electron chi connectivity index (χ2n) is 13.3. The summed E-state index contributed by atoms with van der Waals surface area (Å²) < 4.78 is 34.8. The molecule has 0 bridgehead atoms. The maximum atomic E-state index is 14.1. The monoisotopic (exact) mass is 643 g/mol. The Morgan fingerprint density at radius 2 is 1.74 bits per heavy atom. The van der Waals surface area contributed by atoms with E-state index in [1.165, 1.54) is 0 Å². The van der Waals surface area contributed by atoms with Crippen molar-refractivity contribution in [3.63, 3.8) is 0 Å². The lowest BCUT2D eigenvalue weighted by Gasteiger charge is -2.37. The molecule has 1 saturated heterocycles. The number of carbonyl (C=O) groups excluding carboxylic acids is 3. The number of likely N-dealkylation sites (tertiary alicyclic amines) is 1. The summed E-state index contributed by atoms with van der Waals surface area (Å²) in [4.78, 5) is 42.4. The van der Waals surface area contributed by atoms with Gasteiger partial charge in [0.1, 0.15) is 18.3 Å². The molecule has 2 aromatic rings. The molecule has 2 amide bonds. The molecule has 3 N–H and O–H groups in total. The first-order chi connectivity index (χ1) is 22.3. The first-order valence-corrected chi connectivity index (χ1v) is 17.0. The number of benzene rings is 1. The molecule has 3 aliphatic rings. The van der Waals surface area contributed by atoms with Gasteiger partial charge in [0.05, 0.1) is 12.7 Å². The number of hydrogen-bond donors (Lipinski definition) is 2. The second kappa shape index (κ2) is 16.2. The summed E-state index contributed by atoms with van der Waals surface area (Å²) in [5, 5.41) is 3.76. The Hall–Kier alpha value is -3.02. The number of carbonyl (C=O) groups is 3. The Morgan fingerprint density at radius 3 is 2.43 bits per heavy atom. The highest BCUT2D eigenvalue weighted by atomic mass is 19.1. The van der Waals surface area contributed by atoms with Crippen LogP contribution in [0.25, 0.3) is 11.0 Å². The second-order valence-corrected chi connectivity index (χ2v) is 13.3. The van der Waals surface area contributed by atoms with Crippen LogP contribution >= 0.6 is 0 Å². The third-order valence-electron chi connectivity index (χ3n) is 10.5. The van der Waals surface area contributed by atoms with E-state index in [1.807, 2.05) is 4.90 Å². The fourth-order valence-corrected chi connectivity index (χ4v) is 7.82. The Morgan fingerprint density at radius 1 is 1.00 bits per heavy atom. The number of nitrogens with one attached hydrogen (secondary N) is 1. The van der Waals surface area contributed by atoms with Gasteiger partial charge in [-0.25, -0.2) is 9.18 Å². The predicted molar refractivity (Wildman–Crippen MR) is 172 cm³/mol. The molecule has 0 unspecified atom stereocenters. The summed E-state index contributed by atoms with van der Waals surface area (Å²) in [7, 11) is 3.38. The Kier molecular flexibility index (Phi) is 12.1. The van der Waals surface area contributed by atoms with E-state index in [9.17, 15) is 18.8 Å². The minimum Gasteiger partial charge on any atom is -0.460 e. The number of ether oxygens (including phenoxy) is 3. The van der Waals surface area contributed by atoms with Crippen molar-refractivity contribution < 1.29 is 37.4 Å². The molecule has 3 fully saturated rings. The first kappa shape index (κ1) is 34.3. The van der Waals surface area contributed by atoms with Gasteiger partial charge >= 0.3 is 5.97 Å². The number of esters is 1. The molecule has 10 nitrogen and oxygen atoms in total. The zero-order valence-corrected chi connectivity index (χ0v) is 27.2. The lowest BCUT2D eigenvalue weighted by molar-refractivity contribution is -0.142. The van der Waals surface area contributed by atoms with Crippen LogP contribution in [0.3, 0.4) is 0 Å². The molecule has 3 atom stereocenters. The van der Waals surface area contributed by atoms with Crippen molar-refractivity contribution in [3.8, 4) is 0 Å². The maximum Gasteiger partial charge on any atom is 0.374 e. The molecule has 1 aromatic carbocycles. The number of furan rings is 1. The molecular weight excluding hydrogens is 593 g/mol. The standard InChI is InChI=1S/C35H50FN3O7/c1-43-17-3-4-18-45-35(42)31-20-25-19-26(11-14-30(25)46-31)38-33(40)32-28(22-9-12-27(44-2)13-10-22)15-16-39(32)34(41)24-7-5-23(6-8-24)29(37)21-36/h11,14,19-20,22-24,27-29,32H,3-10,12-13,15-18,21,37H2,1-2H3,(H,38,40)/t22?,23-,24-,27?,28-,29+,32-/m0/s1. The van der Waals surface area contributed by atoms with E-state index in [1.54, 1.807) is 38.5 Å². The summed E-state index contributed by atoms with van der Waals surface area (Å²) in [6, 6.07) is 5.82. The molecule has 1 aliphatic heterocycles. The number of fused-ring (bicyclic) bond motifs is 1. The predicted octanol–water partition coefficient (Wildman–Crippen LogP) is 5.48. The summed E-state index contributed by atoms with van der Waals surface area (Å²) in [5.41, 5.74) is 7.05. The van der Waals surface area contributed by atoms with E-state index < -0.39 is 24.7 Å². The largest absolute Gasteiger partial charge is 0.460 e. The van der Waals surface area contributed by atoms with E-state index in [2.05, 4.69) is 5.32 Å². The number of halogens is 1. The van der Waals surface area contributed by atoms with Crippen LogP contribution in [0.15, 0.2) is 28.7 Å². The number of rotatable bonds is 13. The molecule has 46 heavy (non-hydrogen) atoms. The van der Waals surface area contributed by atoms with Gasteiger partial charge in [-0.1, -0.05) is 0 Å². The first-order valence-electron chi connectivity index (χ1n) is 17.0. The summed E-state index contributed by atoms with van der Waals surface area (Å²) in [5.74, 6) is -0.303. The fourth-order valence-electron chi connectivity index (χ4n) is 7.82. The van der Waals surface area contributed by atoms with Crippen LogP contribution < -0.4 is 11.1 Å². The van der Waals surface area contributed by atoms with Crippen molar-refractivity contribution in [3.05, 3.63) is 30.0 Å². The highest BCUT2D eigenvalue weighted by Gasteiger charge is 2.47. The van der Waals surface area contributed by atoms with Gasteiger partial charge in [-0.15, -0.1) is 0 Å². The van der Waals surface area contributed by atoms with E-state index in [0.717, 1.165) is 51.4 Å². The van der Waals surface area contributed by atoms with Crippen LogP contribution in [-0.2, 0) is 23.8 Å². The highest BCUT2D eigenvalue weighted by molar-refractivity contribution is 6.00. The van der Waals surface area contributed by atoms with Crippen molar-refractivity contribution in [1.82, 2.24) is 4.90 Å². The van der Waals surface area contributed by atoms with Crippen molar-refractivity contribution in [2.75, 3.05) is 46.0 Å². The Bertz CT molecular complexity index is 1320. The van der Waals surface area contributed by atoms with Gasteiger partial charge in [0, 0.05) is 50.4 Å². The maximum absolute atomic E-state index is 14.1. The van der Waals surface area contributed by atoms with E-state index >= 15 is 0 Å². The van der Waals surface area contributed by atoms with E-state index in [-0.39, 0.29) is 48.0 Å². The summed E-state index contributed by atoms with van der Waals surface area (Å²) in [6.07, 6.45) is 9.14. The smallest absolute Gasteiger partial charge is 0.374 e. The van der Waals surface area contributed by atoms with Crippen LogP contribution in [0.4, 0.5) is 10.1 Å². The van der Waals surface area contributed by atoms with E-state index in [4.69, 9.17) is 24.4 Å². The van der Waals surface area contributed by atoms with Crippen molar-refractivity contribution >= 4 is 34.4 Å². The molecule has 2 saturated carbocycles. The topological polar surface area (TPSA) is 133 Å². The highest BCUT2D eigenvalue weighted by Crippen LogP contribution is 2.42. The minimum absolute atomic E-state index is 0.0242. The molecule has 2 aliphatic carbocycles. The van der Waals surface area contributed by atoms with Gasteiger partial charge in [0.2, 0.25) is 17.6 Å². The third-order valence-corrected chi connectivity index (χ3v) is 10.5.